The first-order valence-electron chi connectivity index (χ1n) is 6.86. The Morgan fingerprint density at radius 3 is 2.81 bits per heavy atom. The highest BCUT2D eigenvalue weighted by molar-refractivity contribution is 6.30. The molecule has 0 fully saturated rings. The molecule has 3 nitrogen and oxygen atoms in total. The van der Waals surface area contributed by atoms with Gasteiger partial charge in [0.25, 0.3) is 0 Å². The predicted octanol–water partition coefficient (Wildman–Crippen LogP) is 4.34. The van der Waals surface area contributed by atoms with E-state index >= 15 is 0 Å². The number of aliphatic hydroxyl groups is 1. The molecule has 0 amide bonds. The molecule has 2 aromatic carbocycles. The molecule has 2 aromatic rings. The van der Waals surface area contributed by atoms with Crippen LogP contribution in [-0.4, -0.2) is 10.7 Å². The van der Waals surface area contributed by atoms with Crippen molar-refractivity contribution in [2.75, 3.05) is 0 Å². The fourth-order valence-corrected chi connectivity index (χ4v) is 2.70. The van der Waals surface area contributed by atoms with E-state index in [4.69, 9.17) is 21.1 Å². The molecule has 21 heavy (non-hydrogen) atoms. The van der Waals surface area contributed by atoms with Crippen molar-refractivity contribution >= 4 is 11.6 Å². The average molecular weight is 305 g/mol. The van der Waals surface area contributed by atoms with Crippen LogP contribution in [0.4, 0.5) is 0 Å². The number of ether oxygens (including phenoxy) is 2. The number of rotatable bonds is 3. The maximum absolute atomic E-state index is 9.41. The van der Waals surface area contributed by atoms with Crippen LogP contribution in [0.1, 0.15) is 25.0 Å². The molecule has 1 aliphatic heterocycles. The van der Waals surface area contributed by atoms with Crippen LogP contribution in [0.25, 0.3) is 0 Å². The van der Waals surface area contributed by atoms with Crippen LogP contribution in [0.5, 0.6) is 17.2 Å². The summed E-state index contributed by atoms with van der Waals surface area (Å²) in [6, 6.07) is 11.0. The van der Waals surface area contributed by atoms with Gasteiger partial charge in [-0.1, -0.05) is 29.8 Å². The monoisotopic (exact) mass is 304 g/mol. The molecule has 4 heteroatoms. The molecule has 0 bridgehead atoms. The fraction of sp³-hybridized carbons (Fsp3) is 0.294. The third-order valence-corrected chi connectivity index (χ3v) is 3.71. The Balaban J connectivity index is 1.98. The normalized spacial score (nSPS) is 15.4. The van der Waals surface area contributed by atoms with Crippen LogP contribution in [-0.2, 0) is 13.0 Å². The molecule has 0 atom stereocenters. The average Bonchev–Trinajstić information content (AvgIpc) is 2.74. The standard InChI is InChI=1S/C17H17ClO3/c1-17(2)9-11-4-3-5-14(16(11)21-17)20-15-8-13(18)7-6-12(15)10-19/h3-8,19H,9-10H2,1-2H3. The summed E-state index contributed by atoms with van der Waals surface area (Å²) in [6.07, 6.45) is 0.849. The van der Waals surface area contributed by atoms with Gasteiger partial charge in [-0.15, -0.1) is 0 Å². The molecule has 0 unspecified atom stereocenters. The van der Waals surface area contributed by atoms with Crippen LogP contribution in [0, 0.1) is 0 Å². The summed E-state index contributed by atoms with van der Waals surface area (Å²) >= 11 is 6.01. The van der Waals surface area contributed by atoms with Gasteiger partial charge < -0.3 is 14.6 Å². The maximum Gasteiger partial charge on any atom is 0.169 e. The SMILES string of the molecule is CC1(C)Cc2cccc(Oc3cc(Cl)ccc3CO)c2O1. The molecule has 0 aromatic heterocycles. The van der Waals surface area contributed by atoms with Gasteiger partial charge in [0.1, 0.15) is 11.4 Å². The Hall–Kier alpha value is -1.71. The van der Waals surface area contributed by atoms with Gasteiger partial charge in [-0.3, -0.25) is 0 Å². The summed E-state index contributed by atoms with van der Waals surface area (Å²) in [7, 11) is 0. The molecule has 1 aliphatic rings. The van der Waals surface area contributed by atoms with Crippen molar-refractivity contribution in [2.45, 2.75) is 32.5 Å². The third kappa shape index (κ3) is 2.85. The molecule has 3 rings (SSSR count). The van der Waals surface area contributed by atoms with E-state index in [-0.39, 0.29) is 12.2 Å². The summed E-state index contributed by atoms with van der Waals surface area (Å²) in [5.74, 6) is 1.97. The zero-order chi connectivity index (χ0) is 15.0. The largest absolute Gasteiger partial charge is 0.483 e. The Morgan fingerprint density at radius 1 is 1.24 bits per heavy atom. The smallest absolute Gasteiger partial charge is 0.169 e. The van der Waals surface area contributed by atoms with Gasteiger partial charge >= 0.3 is 0 Å². The summed E-state index contributed by atoms with van der Waals surface area (Å²) < 4.78 is 11.9. The molecule has 0 aliphatic carbocycles. The zero-order valence-corrected chi connectivity index (χ0v) is 12.8. The van der Waals surface area contributed by atoms with Crippen LogP contribution in [0.3, 0.4) is 0 Å². The van der Waals surface area contributed by atoms with Crippen LogP contribution >= 0.6 is 11.6 Å². The van der Waals surface area contributed by atoms with Crippen molar-refractivity contribution in [3.05, 3.63) is 52.5 Å². The van der Waals surface area contributed by atoms with E-state index < -0.39 is 0 Å². The highest BCUT2D eigenvalue weighted by Crippen LogP contribution is 2.44. The highest BCUT2D eigenvalue weighted by Gasteiger charge is 2.32. The summed E-state index contributed by atoms with van der Waals surface area (Å²) in [5, 5.41) is 9.98. The minimum absolute atomic E-state index is 0.103. The Labute approximate surface area is 129 Å². The fourth-order valence-electron chi connectivity index (χ4n) is 2.54. The molecule has 0 radical (unpaired) electrons. The lowest BCUT2D eigenvalue weighted by Crippen LogP contribution is -2.24. The van der Waals surface area contributed by atoms with Crippen molar-refractivity contribution in [3.8, 4) is 17.2 Å². The second-order valence-electron chi connectivity index (χ2n) is 5.80. The Morgan fingerprint density at radius 2 is 2.05 bits per heavy atom. The second-order valence-corrected chi connectivity index (χ2v) is 6.23. The van der Waals surface area contributed by atoms with E-state index in [0.717, 1.165) is 17.7 Å². The molecular formula is C17H17ClO3. The van der Waals surface area contributed by atoms with Crippen molar-refractivity contribution in [3.63, 3.8) is 0 Å². The van der Waals surface area contributed by atoms with E-state index in [0.29, 0.717) is 22.1 Å². The topological polar surface area (TPSA) is 38.7 Å². The van der Waals surface area contributed by atoms with E-state index in [1.807, 2.05) is 18.2 Å². The number of hydrogen-bond acceptors (Lipinski definition) is 3. The van der Waals surface area contributed by atoms with Gasteiger partial charge in [-0.05, 0) is 32.0 Å². The second kappa shape index (κ2) is 5.24. The molecule has 0 spiro atoms. The molecule has 1 N–H and O–H groups in total. The molecule has 1 heterocycles. The first kappa shape index (κ1) is 14.2. The minimum atomic E-state index is -0.226. The molecule has 0 saturated carbocycles. The molecule has 0 saturated heterocycles. The number of aliphatic hydroxyl groups excluding tert-OH is 1. The molecular weight excluding hydrogens is 288 g/mol. The number of para-hydroxylation sites is 1. The molecule has 110 valence electrons. The van der Waals surface area contributed by atoms with Crippen LogP contribution < -0.4 is 9.47 Å². The summed E-state index contributed by atoms with van der Waals surface area (Å²) in [5.41, 5.74) is 1.59. The van der Waals surface area contributed by atoms with Gasteiger partial charge in [0.05, 0.1) is 6.61 Å². The lowest BCUT2D eigenvalue weighted by atomic mass is 10.0. The number of hydrogen-bond donors (Lipinski definition) is 1. The van der Waals surface area contributed by atoms with Crippen LogP contribution in [0.2, 0.25) is 5.02 Å². The number of benzene rings is 2. The van der Waals surface area contributed by atoms with Gasteiger partial charge in [-0.2, -0.15) is 0 Å². The van der Waals surface area contributed by atoms with Crippen LogP contribution in [0.15, 0.2) is 36.4 Å². The number of fused-ring (bicyclic) bond motifs is 1. The predicted molar refractivity (Wildman–Crippen MR) is 82.3 cm³/mol. The zero-order valence-electron chi connectivity index (χ0n) is 12.0. The Kier molecular flexibility index (Phi) is 3.56. The summed E-state index contributed by atoms with van der Waals surface area (Å²) in [4.78, 5) is 0. The first-order valence-corrected chi connectivity index (χ1v) is 7.24. The third-order valence-electron chi connectivity index (χ3n) is 3.47. The van der Waals surface area contributed by atoms with Crippen molar-refractivity contribution in [1.29, 1.82) is 0 Å². The quantitative estimate of drug-likeness (QED) is 0.917. The maximum atomic E-state index is 9.41. The van der Waals surface area contributed by atoms with E-state index in [9.17, 15) is 5.11 Å². The van der Waals surface area contributed by atoms with Crippen molar-refractivity contribution < 1.29 is 14.6 Å². The van der Waals surface area contributed by atoms with Crippen molar-refractivity contribution in [2.24, 2.45) is 0 Å². The summed E-state index contributed by atoms with van der Waals surface area (Å²) in [6.45, 7) is 4.00. The van der Waals surface area contributed by atoms with E-state index in [1.165, 1.54) is 0 Å². The van der Waals surface area contributed by atoms with Crippen molar-refractivity contribution in [1.82, 2.24) is 0 Å². The number of halogens is 1. The lowest BCUT2D eigenvalue weighted by molar-refractivity contribution is 0.135. The van der Waals surface area contributed by atoms with E-state index in [1.54, 1.807) is 18.2 Å². The van der Waals surface area contributed by atoms with Gasteiger partial charge in [0.15, 0.2) is 11.5 Å². The van der Waals surface area contributed by atoms with E-state index in [2.05, 4.69) is 13.8 Å². The van der Waals surface area contributed by atoms with Gasteiger partial charge in [0.2, 0.25) is 0 Å². The first-order chi connectivity index (χ1) is 9.98. The Bertz CT molecular complexity index is 680. The highest BCUT2D eigenvalue weighted by atomic mass is 35.5. The van der Waals surface area contributed by atoms with Gasteiger partial charge in [0, 0.05) is 22.6 Å². The minimum Gasteiger partial charge on any atom is -0.483 e. The lowest BCUT2D eigenvalue weighted by Gasteiger charge is -2.18. The van der Waals surface area contributed by atoms with Gasteiger partial charge in [-0.25, -0.2) is 0 Å².